The van der Waals surface area contributed by atoms with E-state index in [4.69, 9.17) is 4.52 Å². The van der Waals surface area contributed by atoms with Crippen LogP contribution in [0.15, 0.2) is 4.52 Å². The van der Waals surface area contributed by atoms with Crippen molar-refractivity contribution in [1.82, 2.24) is 15.0 Å². The topological polar surface area (TPSA) is 82.6 Å². The highest BCUT2D eigenvalue weighted by Gasteiger charge is 2.33. The van der Waals surface area contributed by atoms with Gasteiger partial charge in [-0.2, -0.15) is 4.98 Å². The average Bonchev–Trinajstić information content (AvgIpc) is 3.09. The minimum Gasteiger partial charge on any atom is -0.393 e. The molecule has 0 amide bonds. The third-order valence-corrected chi connectivity index (χ3v) is 4.48. The fourth-order valence-corrected chi connectivity index (χ4v) is 3.34. The fourth-order valence-electron chi connectivity index (χ4n) is 3.34. The molecule has 1 aromatic heterocycles. The molecule has 112 valence electrons. The van der Waals surface area contributed by atoms with Crippen molar-refractivity contribution in [3.05, 3.63) is 11.7 Å². The van der Waals surface area contributed by atoms with Gasteiger partial charge in [0.15, 0.2) is 5.82 Å². The van der Waals surface area contributed by atoms with Gasteiger partial charge in [0, 0.05) is 12.5 Å². The van der Waals surface area contributed by atoms with Crippen LogP contribution in [0.5, 0.6) is 0 Å². The second kappa shape index (κ2) is 5.79. The van der Waals surface area contributed by atoms with Gasteiger partial charge in [-0.15, -0.1) is 0 Å². The van der Waals surface area contributed by atoms with Crippen LogP contribution >= 0.6 is 0 Å². The van der Waals surface area contributed by atoms with Crippen molar-refractivity contribution in [1.29, 1.82) is 0 Å². The number of rotatable bonds is 4. The number of β-amino-alcohol motifs (C(OH)–C–C–N with tert-alkyl or cyclic N) is 1. The molecule has 1 aliphatic carbocycles. The lowest BCUT2D eigenvalue weighted by Crippen LogP contribution is -2.50. The third-order valence-electron chi connectivity index (χ3n) is 4.48. The lowest BCUT2D eigenvalue weighted by Gasteiger charge is -2.37. The van der Waals surface area contributed by atoms with Crippen molar-refractivity contribution in [3.63, 3.8) is 0 Å². The van der Waals surface area contributed by atoms with E-state index in [9.17, 15) is 10.2 Å². The van der Waals surface area contributed by atoms with Crippen molar-refractivity contribution in [2.24, 2.45) is 0 Å². The summed E-state index contributed by atoms with van der Waals surface area (Å²) in [6, 6.07) is 0. The van der Waals surface area contributed by atoms with Crippen LogP contribution in [0.4, 0.5) is 0 Å². The SMILES string of the molecule is OC[C@]1(O)CCCN(Cc2noc(C3CCCC3)n2)C1. The van der Waals surface area contributed by atoms with Gasteiger partial charge in [-0.3, -0.25) is 4.90 Å². The van der Waals surface area contributed by atoms with Gasteiger partial charge >= 0.3 is 0 Å². The minimum absolute atomic E-state index is 0.191. The van der Waals surface area contributed by atoms with Crippen molar-refractivity contribution in [3.8, 4) is 0 Å². The minimum atomic E-state index is -0.976. The van der Waals surface area contributed by atoms with Crippen LogP contribution < -0.4 is 0 Å². The van der Waals surface area contributed by atoms with Crippen LogP contribution in [0, 0.1) is 0 Å². The molecule has 0 aromatic carbocycles. The summed E-state index contributed by atoms with van der Waals surface area (Å²) in [4.78, 5) is 6.58. The van der Waals surface area contributed by atoms with E-state index >= 15 is 0 Å². The molecule has 0 unspecified atom stereocenters. The van der Waals surface area contributed by atoms with Crippen LogP contribution in [-0.4, -0.2) is 50.6 Å². The molecule has 1 aromatic rings. The van der Waals surface area contributed by atoms with Gasteiger partial charge in [-0.1, -0.05) is 18.0 Å². The maximum Gasteiger partial charge on any atom is 0.229 e. The molecule has 2 heterocycles. The molecule has 1 atom stereocenters. The van der Waals surface area contributed by atoms with Crippen molar-refractivity contribution < 1.29 is 14.7 Å². The van der Waals surface area contributed by atoms with E-state index < -0.39 is 5.60 Å². The first-order chi connectivity index (χ1) is 9.68. The molecule has 0 bridgehead atoms. The first-order valence-corrected chi connectivity index (χ1v) is 7.57. The number of aromatic nitrogens is 2. The lowest BCUT2D eigenvalue weighted by molar-refractivity contribution is -0.0692. The Balaban J connectivity index is 1.60. The predicted octanol–water partition coefficient (Wildman–Crippen LogP) is 1.05. The Labute approximate surface area is 118 Å². The van der Waals surface area contributed by atoms with Crippen LogP contribution in [0.2, 0.25) is 0 Å². The highest BCUT2D eigenvalue weighted by atomic mass is 16.5. The van der Waals surface area contributed by atoms with Crippen molar-refractivity contribution >= 4 is 0 Å². The van der Waals surface area contributed by atoms with Crippen molar-refractivity contribution in [2.45, 2.75) is 56.6 Å². The maximum atomic E-state index is 10.2. The molecule has 20 heavy (non-hydrogen) atoms. The van der Waals surface area contributed by atoms with Gasteiger partial charge in [-0.05, 0) is 32.2 Å². The Morgan fingerprint density at radius 1 is 1.30 bits per heavy atom. The van der Waals surface area contributed by atoms with Gasteiger partial charge in [0.2, 0.25) is 5.89 Å². The molecule has 0 spiro atoms. The molecule has 1 aliphatic heterocycles. The first kappa shape index (κ1) is 14.0. The Morgan fingerprint density at radius 3 is 2.85 bits per heavy atom. The second-order valence-corrected chi connectivity index (χ2v) is 6.23. The number of aliphatic hydroxyl groups is 2. The fraction of sp³-hybridized carbons (Fsp3) is 0.857. The number of likely N-dealkylation sites (tertiary alicyclic amines) is 1. The molecular weight excluding hydrogens is 258 g/mol. The van der Waals surface area contributed by atoms with Gasteiger partial charge in [0.25, 0.3) is 0 Å². The molecule has 3 rings (SSSR count). The van der Waals surface area contributed by atoms with Crippen LogP contribution in [0.3, 0.4) is 0 Å². The van der Waals surface area contributed by atoms with E-state index in [2.05, 4.69) is 15.0 Å². The molecule has 0 radical (unpaired) electrons. The summed E-state index contributed by atoms with van der Waals surface area (Å²) in [5, 5.41) is 23.5. The zero-order chi connectivity index (χ0) is 14.0. The summed E-state index contributed by atoms with van der Waals surface area (Å²) in [6.07, 6.45) is 6.32. The molecule has 1 saturated heterocycles. The zero-order valence-electron chi connectivity index (χ0n) is 11.8. The van der Waals surface area contributed by atoms with Crippen molar-refractivity contribution in [2.75, 3.05) is 19.7 Å². The van der Waals surface area contributed by atoms with E-state index in [1.165, 1.54) is 12.8 Å². The van der Waals surface area contributed by atoms with E-state index in [0.717, 1.165) is 31.7 Å². The van der Waals surface area contributed by atoms with Crippen LogP contribution in [-0.2, 0) is 6.54 Å². The maximum absolute atomic E-state index is 10.2. The summed E-state index contributed by atoms with van der Waals surface area (Å²) in [6.45, 7) is 1.76. The average molecular weight is 281 g/mol. The molecule has 1 saturated carbocycles. The van der Waals surface area contributed by atoms with E-state index in [1.807, 2.05) is 0 Å². The Morgan fingerprint density at radius 2 is 2.10 bits per heavy atom. The van der Waals surface area contributed by atoms with E-state index in [0.29, 0.717) is 31.3 Å². The highest BCUT2D eigenvalue weighted by molar-refractivity contribution is 4.97. The van der Waals surface area contributed by atoms with Crippen LogP contribution in [0.1, 0.15) is 56.2 Å². The normalized spacial score (nSPS) is 29.1. The summed E-state index contributed by atoms with van der Waals surface area (Å²) in [5.74, 6) is 1.90. The molecule has 2 N–H and O–H groups in total. The standard InChI is InChI=1S/C14H23N3O3/c18-10-14(19)6-3-7-17(9-14)8-12-15-13(20-16-12)11-4-1-2-5-11/h11,18-19H,1-10H2/t14-/m0/s1. The molecule has 2 aliphatic rings. The number of nitrogens with zero attached hydrogens (tertiary/aromatic N) is 3. The zero-order valence-corrected chi connectivity index (χ0v) is 11.8. The number of hydrogen-bond donors (Lipinski definition) is 2. The third kappa shape index (κ3) is 3.02. The Hall–Kier alpha value is -0.980. The molecule has 2 fully saturated rings. The quantitative estimate of drug-likeness (QED) is 0.858. The summed E-state index contributed by atoms with van der Waals surface area (Å²) in [5.41, 5.74) is -0.976. The summed E-state index contributed by atoms with van der Waals surface area (Å²) < 4.78 is 5.37. The Kier molecular flexibility index (Phi) is 4.05. The van der Waals surface area contributed by atoms with Crippen LogP contribution in [0.25, 0.3) is 0 Å². The molecule has 6 heteroatoms. The number of aliphatic hydroxyl groups excluding tert-OH is 1. The largest absolute Gasteiger partial charge is 0.393 e. The smallest absolute Gasteiger partial charge is 0.229 e. The molecule has 6 nitrogen and oxygen atoms in total. The number of piperidine rings is 1. The highest BCUT2D eigenvalue weighted by Crippen LogP contribution is 2.33. The summed E-state index contributed by atoms with van der Waals surface area (Å²) >= 11 is 0. The van der Waals surface area contributed by atoms with Gasteiger partial charge in [0.05, 0.1) is 13.2 Å². The van der Waals surface area contributed by atoms with Gasteiger partial charge < -0.3 is 14.7 Å². The summed E-state index contributed by atoms with van der Waals surface area (Å²) in [7, 11) is 0. The lowest BCUT2D eigenvalue weighted by atomic mass is 9.94. The second-order valence-electron chi connectivity index (χ2n) is 6.23. The van der Waals surface area contributed by atoms with E-state index in [-0.39, 0.29) is 6.61 Å². The monoisotopic (exact) mass is 281 g/mol. The predicted molar refractivity (Wildman–Crippen MR) is 72.1 cm³/mol. The Bertz CT molecular complexity index is 445. The van der Waals surface area contributed by atoms with Gasteiger partial charge in [0.1, 0.15) is 5.60 Å². The number of hydrogen-bond acceptors (Lipinski definition) is 6. The molecular formula is C14H23N3O3. The first-order valence-electron chi connectivity index (χ1n) is 7.57. The van der Waals surface area contributed by atoms with Gasteiger partial charge in [-0.25, -0.2) is 0 Å². The van der Waals surface area contributed by atoms with E-state index in [1.54, 1.807) is 0 Å².